The summed E-state index contributed by atoms with van der Waals surface area (Å²) in [6.07, 6.45) is 1.48. The van der Waals surface area contributed by atoms with E-state index in [9.17, 15) is 9.18 Å². The van der Waals surface area contributed by atoms with Gasteiger partial charge in [0.2, 0.25) is 0 Å². The summed E-state index contributed by atoms with van der Waals surface area (Å²) in [6, 6.07) is 6.34. The number of hydrogen-bond donors (Lipinski definition) is 1. The third kappa shape index (κ3) is 2.82. The largest absolute Gasteiger partial charge is 0.491 e. The minimum Gasteiger partial charge on any atom is -0.491 e. The Morgan fingerprint density at radius 1 is 1.31 bits per heavy atom. The van der Waals surface area contributed by atoms with E-state index < -0.39 is 5.82 Å². The minimum absolute atomic E-state index is 0.0117. The van der Waals surface area contributed by atoms with Crippen molar-refractivity contribution in [2.24, 2.45) is 0 Å². The van der Waals surface area contributed by atoms with Gasteiger partial charge in [0.25, 0.3) is 5.91 Å². The van der Waals surface area contributed by atoms with E-state index in [-0.39, 0.29) is 30.6 Å². The number of aromatic nitrogens is 3. The fourth-order valence-corrected chi connectivity index (χ4v) is 3.03. The van der Waals surface area contributed by atoms with Gasteiger partial charge in [0.05, 0.1) is 17.8 Å². The van der Waals surface area contributed by atoms with Crippen molar-refractivity contribution in [1.29, 1.82) is 0 Å². The molecule has 1 aliphatic rings. The third-order valence-electron chi connectivity index (χ3n) is 4.17. The highest BCUT2D eigenvalue weighted by molar-refractivity contribution is 6.31. The zero-order valence-electron chi connectivity index (χ0n) is 13.9. The Kier molecular flexibility index (Phi) is 4.12. The molecule has 7 nitrogen and oxygen atoms in total. The Bertz CT molecular complexity index is 1010. The minimum atomic E-state index is -0.514. The summed E-state index contributed by atoms with van der Waals surface area (Å²) in [5, 5.41) is 7.25. The normalized spacial score (nSPS) is 14.9. The Balaban J connectivity index is 1.83. The van der Waals surface area contributed by atoms with Crippen LogP contribution in [-0.4, -0.2) is 40.7 Å². The van der Waals surface area contributed by atoms with Gasteiger partial charge in [-0.1, -0.05) is 11.6 Å². The molecule has 2 aromatic heterocycles. The molecule has 134 valence electrons. The van der Waals surface area contributed by atoms with Gasteiger partial charge >= 0.3 is 0 Å². The van der Waals surface area contributed by atoms with Crippen LogP contribution in [-0.2, 0) is 6.54 Å². The first kappa shape index (κ1) is 16.6. The third-order valence-corrected chi connectivity index (χ3v) is 4.57. The lowest BCUT2D eigenvalue weighted by atomic mass is 10.1. The van der Waals surface area contributed by atoms with Crippen LogP contribution >= 0.6 is 11.6 Å². The number of carbonyl (C=O) groups is 1. The van der Waals surface area contributed by atoms with Crippen LogP contribution in [0.1, 0.15) is 16.1 Å². The molecule has 0 saturated carbocycles. The highest BCUT2D eigenvalue weighted by Gasteiger charge is 2.19. The summed E-state index contributed by atoms with van der Waals surface area (Å²) >= 11 is 6.17. The summed E-state index contributed by atoms with van der Waals surface area (Å²) in [7, 11) is 1.80. The van der Waals surface area contributed by atoms with Crippen molar-refractivity contribution in [3.8, 4) is 5.75 Å². The molecule has 0 fully saturated rings. The molecular formula is C17H15ClFN5O2. The molecule has 0 saturated heterocycles. The second kappa shape index (κ2) is 6.45. The van der Waals surface area contributed by atoms with Crippen molar-refractivity contribution >= 4 is 29.0 Å². The second-order valence-electron chi connectivity index (χ2n) is 5.90. The van der Waals surface area contributed by atoms with Crippen molar-refractivity contribution < 1.29 is 13.9 Å². The molecule has 2 bridgehead atoms. The maximum absolute atomic E-state index is 13.9. The van der Waals surface area contributed by atoms with E-state index in [0.29, 0.717) is 28.5 Å². The summed E-state index contributed by atoms with van der Waals surface area (Å²) in [5.74, 6) is 0.236. The van der Waals surface area contributed by atoms with E-state index in [2.05, 4.69) is 15.4 Å². The fourth-order valence-electron chi connectivity index (χ4n) is 2.81. The number of ether oxygens (including phenoxy) is 1. The Hall–Kier alpha value is -2.87. The highest BCUT2D eigenvalue weighted by Crippen LogP contribution is 2.31. The number of anilines is 1. The lowest BCUT2D eigenvalue weighted by molar-refractivity contribution is 0.0940. The molecule has 1 aliphatic heterocycles. The van der Waals surface area contributed by atoms with Crippen LogP contribution in [0, 0.1) is 5.82 Å². The van der Waals surface area contributed by atoms with Crippen LogP contribution in [0.4, 0.5) is 10.2 Å². The van der Waals surface area contributed by atoms with E-state index in [0.717, 1.165) is 0 Å². The lowest BCUT2D eigenvalue weighted by Crippen LogP contribution is -2.29. The number of rotatable bonds is 0. The van der Waals surface area contributed by atoms with Gasteiger partial charge in [-0.15, -0.1) is 5.10 Å². The molecule has 0 atom stereocenters. The zero-order valence-corrected chi connectivity index (χ0v) is 14.6. The number of hydrogen-bond acceptors (Lipinski definition) is 5. The van der Waals surface area contributed by atoms with Crippen molar-refractivity contribution in [1.82, 2.24) is 19.9 Å². The van der Waals surface area contributed by atoms with Crippen molar-refractivity contribution in [3.05, 3.63) is 52.6 Å². The van der Waals surface area contributed by atoms with Gasteiger partial charge in [-0.25, -0.2) is 13.9 Å². The smallest absolute Gasteiger partial charge is 0.271 e. The van der Waals surface area contributed by atoms with Crippen LogP contribution in [0.15, 0.2) is 30.5 Å². The average Bonchev–Trinajstić information content (AvgIpc) is 3.06. The number of nitrogens with zero attached hydrogens (tertiary/aromatic N) is 4. The second-order valence-corrected chi connectivity index (χ2v) is 6.28. The van der Waals surface area contributed by atoms with Gasteiger partial charge in [-0.3, -0.25) is 4.79 Å². The monoisotopic (exact) mass is 375 g/mol. The molecule has 1 aromatic carbocycles. The number of fused-ring (bicyclic) bond motifs is 2. The van der Waals surface area contributed by atoms with Crippen LogP contribution in [0.25, 0.3) is 5.65 Å². The van der Waals surface area contributed by atoms with E-state index >= 15 is 0 Å². The number of benzene rings is 1. The first-order chi connectivity index (χ1) is 12.5. The number of imidazole rings is 1. The van der Waals surface area contributed by atoms with Crippen LogP contribution in [0.3, 0.4) is 0 Å². The molecular weight excluding hydrogens is 361 g/mol. The van der Waals surface area contributed by atoms with Gasteiger partial charge in [0.15, 0.2) is 11.3 Å². The Morgan fingerprint density at radius 2 is 2.15 bits per heavy atom. The fraction of sp³-hybridized carbons (Fsp3) is 0.235. The molecule has 3 aromatic rings. The predicted molar refractivity (Wildman–Crippen MR) is 94.3 cm³/mol. The Morgan fingerprint density at radius 3 is 3.00 bits per heavy atom. The Labute approximate surface area is 153 Å². The van der Waals surface area contributed by atoms with E-state index in [4.69, 9.17) is 16.3 Å². The first-order valence-corrected chi connectivity index (χ1v) is 8.36. The van der Waals surface area contributed by atoms with Gasteiger partial charge in [0.1, 0.15) is 24.0 Å². The summed E-state index contributed by atoms with van der Waals surface area (Å²) in [5.41, 5.74) is 1.41. The van der Waals surface area contributed by atoms with Crippen molar-refractivity contribution in [3.63, 3.8) is 0 Å². The quantitative estimate of drug-likeness (QED) is 0.652. The molecule has 1 amide bonds. The number of carbonyl (C=O) groups excluding carboxylic acids is 1. The molecule has 9 heteroatoms. The molecule has 0 radical (unpaired) electrons. The van der Waals surface area contributed by atoms with Crippen molar-refractivity contribution in [2.75, 3.05) is 25.1 Å². The van der Waals surface area contributed by atoms with Gasteiger partial charge < -0.3 is 15.0 Å². The molecule has 0 spiro atoms. The number of amides is 1. The molecule has 0 unspecified atom stereocenters. The number of halogens is 2. The maximum atomic E-state index is 13.9. The van der Waals surface area contributed by atoms with Crippen molar-refractivity contribution in [2.45, 2.75) is 6.54 Å². The topological polar surface area (TPSA) is 71.8 Å². The molecule has 26 heavy (non-hydrogen) atoms. The number of nitrogens with one attached hydrogen (secondary N) is 1. The predicted octanol–water partition coefficient (Wildman–Crippen LogP) is 2.28. The van der Waals surface area contributed by atoms with Crippen LogP contribution in [0.2, 0.25) is 5.02 Å². The molecule has 0 aliphatic carbocycles. The maximum Gasteiger partial charge on any atom is 0.271 e. The molecule has 3 heterocycles. The lowest BCUT2D eigenvalue weighted by Gasteiger charge is -2.21. The highest BCUT2D eigenvalue weighted by atomic mass is 35.5. The van der Waals surface area contributed by atoms with Gasteiger partial charge in [-0.05, 0) is 24.3 Å². The molecule has 4 rings (SSSR count). The molecule has 1 N–H and O–H groups in total. The zero-order chi connectivity index (χ0) is 18.3. The van der Waals surface area contributed by atoms with Crippen LogP contribution in [0.5, 0.6) is 5.75 Å². The summed E-state index contributed by atoms with van der Waals surface area (Å²) < 4.78 is 21.1. The van der Waals surface area contributed by atoms with E-state index in [1.54, 1.807) is 24.1 Å². The average molecular weight is 376 g/mol. The standard InChI is InChI=1S/C17H15ClFN5O2/c1-23-9-10-13(3-2-11(19)16(10)18)26-7-6-20-17(25)12-8-21-14-4-5-15(23)22-24(12)14/h2-5,8H,6-7,9H2,1H3,(H,20,25). The summed E-state index contributed by atoms with van der Waals surface area (Å²) in [4.78, 5) is 18.4. The van der Waals surface area contributed by atoms with E-state index in [1.807, 2.05) is 0 Å². The van der Waals surface area contributed by atoms with E-state index in [1.165, 1.54) is 22.8 Å². The SMILES string of the molecule is CN1Cc2c(ccc(F)c2Cl)OCCNC(=O)c2cnc3ccc1nn23. The van der Waals surface area contributed by atoms with Gasteiger partial charge in [-0.2, -0.15) is 0 Å². The van der Waals surface area contributed by atoms with Crippen LogP contribution < -0.4 is 15.0 Å². The first-order valence-electron chi connectivity index (χ1n) is 7.98. The van der Waals surface area contributed by atoms with Gasteiger partial charge in [0, 0.05) is 19.2 Å². The summed E-state index contributed by atoms with van der Waals surface area (Å²) in [6.45, 7) is 0.781.